The van der Waals surface area contributed by atoms with Gasteiger partial charge in [-0.15, -0.1) is 0 Å². The van der Waals surface area contributed by atoms with E-state index in [9.17, 15) is 14.7 Å². The molecule has 0 saturated carbocycles. The van der Waals surface area contributed by atoms with Crippen LogP contribution in [0.2, 0.25) is 0 Å². The smallest absolute Gasteiger partial charge is 0.345 e. The second-order valence-electron chi connectivity index (χ2n) is 8.68. The fourth-order valence-corrected chi connectivity index (χ4v) is 4.05. The van der Waals surface area contributed by atoms with Crippen molar-refractivity contribution in [2.75, 3.05) is 13.7 Å². The number of carboxylic acids is 1. The monoisotopic (exact) mass is 522 g/mol. The zero-order valence-electron chi connectivity index (χ0n) is 21.3. The van der Waals surface area contributed by atoms with Crippen LogP contribution in [0, 0.1) is 0 Å². The molecule has 38 heavy (non-hydrogen) atoms. The van der Waals surface area contributed by atoms with Crippen molar-refractivity contribution in [1.82, 2.24) is 9.97 Å². The second-order valence-corrected chi connectivity index (χ2v) is 8.68. The summed E-state index contributed by atoms with van der Waals surface area (Å²) in [4.78, 5) is 32.2. The van der Waals surface area contributed by atoms with Gasteiger partial charge in [-0.3, -0.25) is 4.79 Å². The SMILES string of the molecule is COc1ccccc1-c1nccc(COc2ccc(OC3CCCCO3)cc2CC(OC(C)=O)C(=O)O)n1. The number of para-hydroxylation sites is 1. The molecule has 0 spiro atoms. The van der Waals surface area contributed by atoms with Crippen molar-refractivity contribution >= 4 is 11.9 Å². The van der Waals surface area contributed by atoms with Crippen molar-refractivity contribution < 1.29 is 38.4 Å². The summed E-state index contributed by atoms with van der Waals surface area (Å²) in [5.74, 6) is 0.110. The van der Waals surface area contributed by atoms with Crippen molar-refractivity contribution in [2.45, 2.75) is 51.6 Å². The van der Waals surface area contributed by atoms with Crippen molar-refractivity contribution in [1.29, 1.82) is 0 Å². The predicted molar refractivity (Wildman–Crippen MR) is 136 cm³/mol. The van der Waals surface area contributed by atoms with Gasteiger partial charge in [0.25, 0.3) is 0 Å². The van der Waals surface area contributed by atoms with Gasteiger partial charge in [-0.2, -0.15) is 0 Å². The molecule has 2 atom stereocenters. The lowest BCUT2D eigenvalue weighted by atomic mass is 10.1. The van der Waals surface area contributed by atoms with Crippen LogP contribution in [-0.4, -0.2) is 53.1 Å². The minimum absolute atomic E-state index is 0.0922. The molecule has 10 heteroatoms. The van der Waals surface area contributed by atoms with Crippen molar-refractivity contribution in [3.63, 3.8) is 0 Å². The molecule has 1 aromatic heterocycles. The first-order valence-corrected chi connectivity index (χ1v) is 12.3. The highest BCUT2D eigenvalue weighted by Crippen LogP contribution is 2.30. The van der Waals surface area contributed by atoms with Gasteiger partial charge in [-0.25, -0.2) is 14.8 Å². The number of carboxylic acid groups (broad SMARTS) is 1. The Morgan fingerprint density at radius 1 is 1.13 bits per heavy atom. The average Bonchev–Trinajstić information content (AvgIpc) is 2.92. The van der Waals surface area contributed by atoms with E-state index in [0.29, 0.717) is 40.9 Å². The zero-order valence-corrected chi connectivity index (χ0v) is 21.3. The van der Waals surface area contributed by atoms with E-state index in [1.807, 2.05) is 24.3 Å². The van der Waals surface area contributed by atoms with E-state index in [-0.39, 0.29) is 19.3 Å². The minimum atomic E-state index is -1.38. The third kappa shape index (κ3) is 7.19. The van der Waals surface area contributed by atoms with E-state index in [2.05, 4.69) is 9.97 Å². The Morgan fingerprint density at radius 2 is 1.97 bits per heavy atom. The number of ether oxygens (including phenoxy) is 5. The second kappa shape index (κ2) is 12.9. The van der Waals surface area contributed by atoms with E-state index in [0.717, 1.165) is 24.8 Å². The highest BCUT2D eigenvalue weighted by molar-refractivity contribution is 5.77. The van der Waals surface area contributed by atoms with E-state index in [1.165, 1.54) is 6.92 Å². The molecule has 0 amide bonds. The topological polar surface area (TPSA) is 126 Å². The Kier molecular flexibility index (Phi) is 9.10. The summed E-state index contributed by atoms with van der Waals surface area (Å²) < 4.78 is 28.1. The van der Waals surface area contributed by atoms with Crippen LogP contribution in [-0.2, 0) is 32.1 Å². The molecular formula is C28H30N2O8. The van der Waals surface area contributed by atoms with Gasteiger partial charge < -0.3 is 28.8 Å². The number of nitrogens with zero attached hydrogens (tertiary/aromatic N) is 2. The van der Waals surface area contributed by atoms with E-state index < -0.39 is 18.0 Å². The highest BCUT2D eigenvalue weighted by Gasteiger charge is 2.24. The number of aromatic nitrogens is 2. The Hall–Kier alpha value is -4.18. The summed E-state index contributed by atoms with van der Waals surface area (Å²) in [5, 5.41) is 9.60. The lowest BCUT2D eigenvalue weighted by molar-refractivity contribution is -0.162. The molecule has 2 unspecified atom stereocenters. The summed E-state index contributed by atoms with van der Waals surface area (Å²) in [5.41, 5.74) is 1.86. The van der Waals surface area contributed by atoms with Gasteiger partial charge in [-0.1, -0.05) is 12.1 Å². The number of carbonyl (C=O) groups excluding carboxylic acids is 1. The molecule has 200 valence electrons. The number of benzene rings is 2. The fourth-order valence-electron chi connectivity index (χ4n) is 4.05. The summed E-state index contributed by atoms with van der Waals surface area (Å²) >= 11 is 0. The van der Waals surface area contributed by atoms with Gasteiger partial charge in [0.2, 0.25) is 6.10 Å². The lowest BCUT2D eigenvalue weighted by Gasteiger charge is -2.24. The van der Waals surface area contributed by atoms with Crippen LogP contribution < -0.4 is 14.2 Å². The maximum absolute atomic E-state index is 11.8. The number of esters is 1. The Labute approximate surface area is 220 Å². The molecule has 3 aromatic rings. The lowest BCUT2D eigenvalue weighted by Crippen LogP contribution is -2.28. The molecule has 1 fully saturated rings. The molecule has 4 rings (SSSR count). The Balaban J connectivity index is 1.56. The van der Waals surface area contributed by atoms with Crippen LogP contribution in [0.1, 0.15) is 37.4 Å². The molecule has 1 aliphatic heterocycles. The molecule has 2 heterocycles. The summed E-state index contributed by atoms with van der Waals surface area (Å²) in [6.07, 6.45) is 2.53. The zero-order chi connectivity index (χ0) is 26.9. The van der Waals surface area contributed by atoms with Gasteiger partial charge in [0.05, 0.1) is 25.0 Å². The molecule has 2 aromatic carbocycles. The Morgan fingerprint density at radius 3 is 2.71 bits per heavy atom. The predicted octanol–water partition coefficient (Wildman–Crippen LogP) is 4.20. The van der Waals surface area contributed by atoms with Gasteiger partial charge in [-0.05, 0) is 49.2 Å². The third-order valence-corrected chi connectivity index (χ3v) is 5.86. The molecule has 1 N–H and O–H groups in total. The maximum Gasteiger partial charge on any atom is 0.345 e. The van der Waals surface area contributed by atoms with Crippen molar-refractivity contribution in [3.05, 3.63) is 66.0 Å². The number of hydrogen-bond donors (Lipinski definition) is 1. The molecule has 1 aliphatic rings. The summed E-state index contributed by atoms with van der Waals surface area (Å²) in [6, 6.07) is 14.3. The number of aliphatic carboxylic acids is 1. The highest BCUT2D eigenvalue weighted by atomic mass is 16.7. The van der Waals surface area contributed by atoms with Crippen LogP contribution in [0.25, 0.3) is 11.4 Å². The molecule has 1 saturated heterocycles. The standard InChI is InChI=1S/C28H30N2O8/c1-18(31)37-25(28(32)33)16-19-15-21(38-26-9-5-6-14-35-26)10-11-23(19)36-17-20-12-13-29-27(30-20)22-7-3-4-8-24(22)34-2/h3-4,7-8,10-13,15,25-26H,5-6,9,14,16-17H2,1-2H3,(H,32,33). The van der Waals surface area contributed by atoms with Gasteiger partial charge >= 0.3 is 11.9 Å². The molecule has 0 radical (unpaired) electrons. The first-order valence-electron chi connectivity index (χ1n) is 12.3. The number of rotatable bonds is 11. The largest absolute Gasteiger partial charge is 0.496 e. The number of carbonyl (C=O) groups is 2. The van der Waals surface area contributed by atoms with Crippen molar-refractivity contribution in [3.8, 4) is 28.6 Å². The fraction of sp³-hybridized carbons (Fsp3) is 0.357. The first-order chi connectivity index (χ1) is 18.4. The van der Waals surface area contributed by atoms with Gasteiger partial charge in [0, 0.05) is 31.5 Å². The Bertz CT molecular complexity index is 1260. The third-order valence-electron chi connectivity index (χ3n) is 5.86. The van der Waals surface area contributed by atoms with Crippen LogP contribution in [0.15, 0.2) is 54.7 Å². The average molecular weight is 523 g/mol. The molecular weight excluding hydrogens is 492 g/mol. The van der Waals surface area contributed by atoms with E-state index >= 15 is 0 Å². The molecule has 0 aliphatic carbocycles. The first kappa shape index (κ1) is 26.9. The van der Waals surface area contributed by atoms with Gasteiger partial charge in [0.15, 0.2) is 12.1 Å². The normalized spacial score (nSPS) is 15.8. The van der Waals surface area contributed by atoms with Crippen LogP contribution in [0.5, 0.6) is 17.2 Å². The van der Waals surface area contributed by atoms with E-state index in [1.54, 1.807) is 37.6 Å². The van der Waals surface area contributed by atoms with Gasteiger partial charge in [0.1, 0.15) is 23.9 Å². The summed E-state index contributed by atoms with van der Waals surface area (Å²) in [6.45, 7) is 1.89. The van der Waals surface area contributed by atoms with E-state index in [4.69, 9.17) is 23.7 Å². The summed E-state index contributed by atoms with van der Waals surface area (Å²) in [7, 11) is 1.58. The molecule has 0 bridgehead atoms. The number of hydrogen-bond acceptors (Lipinski definition) is 9. The maximum atomic E-state index is 11.8. The van der Waals surface area contributed by atoms with Crippen LogP contribution in [0.4, 0.5) is 0 Å². The minimum Gasteiger partial charge on any atom is -0.496 e. The number of methoxy groups -OCH3 is 1. The molecule has 10 nitrogen and oxygen atoms in total. The van der Waals surface area contributed by atoms with Crippen LogP contribution in [0.3, 0.4) is 0 Å². The quantitative estimate of drug-likeness (QED) is 0.366. The van der Waals surface area contributed by atoms with Crippen LogP contribution >= 0.6 is 0 Å². The van der Waals surface area contributed by atoms with Crippen molar-refractivity contribution in [2.24, 2.45) is 0 Å².